The topological polar surface area (TPSA) is 76.3 Å². The first kappa shape index (κ1) is 10.6. The van der Waals surface area contributed by atoms with Gasteiger partial charge in [0.2, 0.25) is 0 Å². The standard InChI is InChI=1S/C8H11N3O2S/c1-4-5(8(13)11(2)3)14-7(10-4)6(9)12/h1-3H3,(H2,9,12). The van der Waals surface area contributed by atoms with Crippen molar-refractivity contribution in [3.05, 3.63) is 15.6 Å². The Morgan fingerprint density at radius 2 is 2.00 bits per heavy atom. The molecule has 6 heteroatoms. The van der Waals surface area contributed by atoms with Gasteiger partial charge in [-0.2, -0.15) is 0 Å². The minimum absolute atomic E-state index is 0.160. The number of aromatic nitrogens is 1. The Kier molecular flexibility index (Phi) is 2.85. The molecule has 2 N–H and O–H groups in total. The van der Waals surface area contributed by atoms with E-state index in [1.807, 2.05) is 0 Å². The summed E-state index contributed by atoms with van der Waals surface area (Å²) in [6.07, 6.45) is 0. The summed E-state index contributed by atoms with van der Waals surface area (Å²) in [6.45, 7) is 1.68. The largest absolute Gasteiger partial charge is 0.364 e. The summed E-state index contributed by atoms with van der Waals surface area (Å²) < 4.78 is 0. The number of amides is 2. The summed E-state index contributed by atoms with van der Waals surface area (Å²) >= 11 is 1.03. The van der Waals surface area contributed by atoms with Crippen LogP contribution in [-0.4, -0.2) is 35.8 Å². The first-order valence-corrected chi connectivity index (χ1v) is 4.74. The molecular formula is C8H11N3O2S. The van der Waals surface area contributed by atoms with E-state index < -0.39 is 5.91 Å². The van der Waals surface area contributed by atoms with Crippen molar-refractivity contribution in [2.24, 2.45) is 5.73 Å². The SMILES string of the molecule is Cc1nc(C(N)=O)sc1C(=O)N(C)C. The summed E-state index contributed by atoms with van der Waals surface area (Å²) in [5, 5.41) is 0.174. The fraction of sp³-hybridized carbons (Fsp3) is 0.375. The maximum absolute atomic E-state index is 11.5. The highest BCUT2D eigenvalue weighted by Gasteiger charge is 2.18. The maximum Gasteiger partial charge on any atom is 0.277 e. The molecule has 1 rings (SSSR count). The van der Waals surface area contributed by atoms with Crippen molar-refractivity contribution in [1.29, 1.82) is 0 Å². The highest BCUT2D eigenvalue weighted by atomic mass is 32.1. The van der Waals surface area contributed by atoms with Gasteiger partial charge in [0.05, 0.1) is 5.69 Å². The molecule has 0 saturated heterocycles. The van der Waals surface area contributed by atoms with E-state index in [0.29, 0.717) is 10.6 Å². The molecule has 0 aliphatic carbocycles. The van der Waals surface area contributed by atoms with Crippen molar-refractivity contribution >= 4 is 23.2 Å². The second-order valence-corrected chi connectivity index (χ2v) is 4.00. The molecule has 0 spiro atoms. The van der Waals surface area contributed by atoms with Gasteiger partial charge in [0.1, 0.15) is 4.88 Å². The van der Waals surface area contributed by atoms with Crippen molar-refractivity contribution in [3.63, 3.8) is 0 Å². The zero-order valence-electron chi connectivity index (χ0n) is 8.20. The Hall–Kier alpha value is -1.43. The fourth-order valence-electron chi connectivity index (χ4n) is 0.903. The van der Waals surface area contributed by atoms with Crippen molar-refractivity contribution in [2.45, 2.75) is 6.92 Å². The van der Waals surface area contributed by atoms with Crippen LogP contribution in [0.1, 0.15) is 25.2 Å². The van der Waals surface area contributed by atoms with Crippen LogP contribution in [0.25, 0.3) is 0 Å². The van der Waals surface area contributed by atoms with E-state index in [1.165, 1.54) is 4.90 Å². The van der Waals surface area contributed by atoms with Gasteiger partial charge in [0.15, 0.2) is 5.01 Å². The van der Waals surface area contributed by atoms with Gasteiger partial charge in [-0.1, -0.05) is 0 Å². The molecule has 0 bridgehead atoms. The lowest BCUT2D eigenvalue weighted by Crippen LogP contribution is -2.21. The summed E-state index contributed by atoms with van der Waals surface area (Å²) in [5.74, 6) is -0.761. The summed E-state index contributed by atoms with van der Waals surface area (Å²) in [5.41, 5.74) is 5.60. The van der Waals surface area contributed by atoms with E-state index in [0.717, 1.165) is 11.3 Å². The van der Waals surface area contributed by atoms with Crippen LogP contribution in [-0.2, 0) is 0 Å². The van der Waals surface area contributed by atoms with Gasteiger partial charge in [-0.15, -0.1) is 11.3 Å². The number of thiazole rings is 1. The van der Waals surface area contributed by atoms with Gasteiger partial charge in [-0.25, -0.2) is 4.98 Å². The normalized spacial score (nSPS) is 9.93. The molecule has 1 aromatic rings. The van der Waals surface area contributed by atoms with Crippen LogP contribution in [0, 0.1) is 6.92 Å². The van der Waals surface area contributed by atoms with E-state index in [1.54, 1.807) is 21.0 Å². The van der Waals surface area contributed by atoms with Gasteiger partial charge >= 0.3 is 0 Å². The fourth-order valence-corrected chi connectivity index (χ4v) is 1.84. The van der Waals surface area contributed by atoms with E-state index in [9.17, 15) is 9.59 Å². The Morgan fingerprint density at radius 1 is 1.43 bits per heavy atom. The molecule has 2 amide bonds. The predicted octanol–water partition coefficient (Wildman–Crippen LogP) is 0.252. The minimum Gasteiger partial charge on any atom is -0.364 e. The summed E-state index contributed by atoms with van der Waals surface area (Å²) in [7, 11) is 3.29. The average molecular weight is 213 g/mol. The molecule has 76 valence electrons. The first-order valence-electron chi connectivity index (χ1n) is 3.92. The lowest BCUT2D eigenvalue weighted by atomic mass is 10.3. The predicted molar refractivity (Wildman–Crippen MR) is 53.4 cm³/mol. The number of nitrogens with zero attached hydrogens (tertiary/aromatic N) is 2. The third kappa shape index (κ3) is 1.90. The Bertz CT molecular complexity index is 384. The minimum atomic E-state index is -0.601. The second kappa shape index (κ2) is 3.75. The quantitative estimate of drug-likeness (QED) is 0.765. The molecule has 0 aliphatic heterocycles. The number of aryl methyl sites for hydroxylation is 1. The number of carbonyl (C=O) groups is 2. The van der Waals surface area contributed by atoms with E-state index in [-0.39, 0.29) is 10.9 Å². The van der Waals surface area contributed by atoms with Crippen LogP contribution >= 0.6 is 11.3 Å². The van der Waals surface area contributed by atoms with Crippen LogP contribution in [0.4, 0.5) is 0 Å². The smallest absolute Gasteiger partial charge is 0.277 e. The summed E-state index contributed by atoms with van der Waals surface area (Å²) in [6, 6.07) is 0. The number of rotatable bonds is 2. The molecule has 0 radical (unpaired) electrons. The molecule has 0 atom stereocenters. The number of primary amides is 1. The van der Waals surface area contributed by atoms with Crippen molar-refractivity contribution < 1.29 is 9.59 Å². The number of hydrogen-bond donors (Lipinski definition) is 1. The monoisotopic (exact) mass is 213 g/mol. The number of hydrogen-bond acceptors (Lipinski definition) is 4. The average Bonchev–Trinajstić information content (AvgIpc) is 2.46. The Labute approximate surface area is 85.5 Å². The zero-order chi connectivity index (χ0) is 10.9. The molecule has 0 unspecified atom stereocenters. The van der Waals surface area contributed by atoms with Crippen LogP contribution in [0.2, 0.25) is 0 Å². The van der Waals surface area contributed by atoms with E-state index in [4.69, 9.17) is 5.73 Å². The van der Waals surface area contributed by atoms with Gasteiger partial charge < -0.3 is 10.6 Å². The highest BCUT2D eigenvalue weighted by molar-refractivity contribution is 7.15. The first-order chi connectivity index (χ1) is 6.43. The molecule has 0 aliphatic rings. The molecule has 1 heterocycles. The van der Waals surface area contributed by atoms with Crippen LogP contribution < -0.4 is 5.73 Å². The molecule has 0 fully saturated rings. The van der Waals surface area contributed by atoms with Gasteiger partial charge in [0.25, 0.3) is 11.8 Å². The molecule has 0 aromatic carbocycles. The van der Waals surface area contributed by atoms with Crippen LogP contribution in [0.15, 0.2) is 0 Å². The van der Waals surface area contributed by atoms with E-state index in [2.05, 4.69) is 4.98 Å². The van der Waals surface area contributed by atoms with Crippen molar-refractivity contribution in [1.82, 2.24) is 9.88 Å². The van der Waals surface area contributed by atoms with Gasteiger partial charge in [-0.3, -0.25) is 9.59 Å². The molecular weight excluding hydrogens is 202 g/mol. The molecule has 5 nitrogen and oxygen atoms in total. The maximum atomic E-state index is 11.5. The third-order valence-electron chi connectivity index (χ3n) is 1.61. The lowest BCUT2D eigenvalue weighted by Gasteiger charge is -2.07. The van der Waals surface area contributed by atoms with Crippen LogP contribution in [0.3, 0.4) is 0 Å². The van der Waals surface area contributed by atoms with Gasteiger partial charge in [-0.05, 0) is 6.92 Å². The molecule has 1 aromatic heterocycles. The molecule has 0 saturated carbocycles. The molecule has 14 heavy (non-hydrogen) atoms. The Balaban J connectivity index is 3.11. The van der Waals surface area contributed by atoms with Crippen molar-refractivity contribution in [2.75, 3.05) is 14.1 Å². The highest BCUT2D eigenvalue weighted by Crippen LogP contribution is 2.18. The van der Waals surface area contributed by atoms with E-state index >= 15 is 0 Å². The van der Waals surface area contributed by atoms with Gasteiger partial charge in [0, 0.05) is 14.1 Å². The Morgan fingerprint density at radius 3 is 2.36 bits per heavy atom. The zero-order valence-corrected chi connectivity index (χ0v) is 9.01. The summed E-state index contributed by atoms with van der Waals surface area (Å²) in [4.78, 5) is 28.2. The number of carbonyl (C=O) groups excluding carboxylic acids is 2. The van der Waals surface area contributed by atoms with Crippen molar-refractivity contribution in [3.8, 4) is 0 Å². The van der Waals surface area contributed by atoms with Crippen LogP contribution in [0.5, 0.6) is 0 Å². The second-order valence-electron chi connectivity index (χ2n) is 3.00. The third-order valence-corrected chi connectivity index (χ3v) is 2.77. The number of nitrogens with two attached hydrogens (primary N) is 1. The lowest BCUT2D eigenvalue weighted by molar-refractivity contribution is 0.0831.